The van der Waals surface area contributed by atoms with Crippen LogP contribution in [0, 0.1) is 0 Å². The largest absolute Gasteiger partial charge is 0.405 e. The number of aromatic nitrogens is 2. The number of halogens is 4. The van der Waals surface area contributed by atoms with Gasteiger partial charge in [-0.3, -0.25) is 0 Å². The first-order valence-electron chi connectivity index (χ1n) is 5.97. The lowest BCUT2D eigenvalue weighted by Gasteiger charge is -2.31. The lowest BCUT2D eigenvalue weighted by Crippen LogP contribution is -2.40. The SMILES string of the molecule is CC(C)c1c(Cl)ncnc1N(CC(F)(F)F)C(C)C. The van der Waals surface area contributed by atoms with Gasteiger partial charge in [0.1, 0.15) is 23.8 Å². The fourth-order valence-corrected chi connectivity index (χ4v) is 2.13. The van der Waals surface area contributed by atoms with Gasteiger partial charge in [0.2, 0.25) is 0 Å². The number of alkyl halides is 3. The van der Waals surface area contributed by atoms with Crippen molar-refractivity contribution in [2.75, 3.05) is 11.4 Å². The summed E-state index contributed by atoms with van der Waals surface area (Å²) in [4.78, 5) is 9.04. The highest BCUT2D eigenvalue weighted by Gasteiger charge is 2.34. The highest BCUT2D eigenvalue weighted by atomic mass is 35.5. The zero-order chi connectivity index (χ0) is 14.8. The summed E-state index contributed by atoms with van der Waals surface area (Å²) in [5.74, 6) is 0.195. The van der Waals surface area contributed by atoms with E-state index in [1.165, 1.54) is 11.2 Å². The van der Waals surface area contributed by atoms with E-state index < -0.39 is 12.7 Å². The summed E-state index contributed by atoms with van der Waals surface area (Å²) < 4.78 is 38.0. The van der Waals surface area contributed by atoms with Gasteiger partial charge in [-0.15, -0.1) is 0 Å². The first-order valence-corrected chi connectivity index (χ1v) is 6.35. The van der Waals surface area contributed by atoms with Gasteiger partial charge in [0.15, 0.2) is 0 Å². The van der Waals surface area contributed by atoms with Gasteiger partial charge in [0.25, 0.3) is 0 Å². The average Bonchev–Trinajstić information content (AvgIpc) is 2.23. The second-order valence-electron chi connectivity index (χ2n) is 4.89. The summed E-state index contributed by atoms with van der Waals surface area (Å²) in [7, 11) is 0. The molecule has 0 aliphatic carbocycles. The highest BCUT2D eigenvalue weighted by molar-refractivity contribution is 6.30. The molecular formula is C12H17ClF3N3. The number of anilines is 1. The van der Waals surface area contributed by atoms with Crippen LogP contribution >= 0.6 is 11.6 Å². The number of nitrogens with zero attached hydrogens (tertiary/aromatic N) is 3. The van der Waals surface area contributed by atoms with E-state index in [-0.39, 0.29) is 22.9 Å². The van der Waals surface area contributed by atoms with E-state index in [0.29, 0.717) is 5.56 Å². The van der Waals surface area contributed by atoms with Crippen molar-refractivity contribution in [2.24, 2.45) is 0 Å². The van der Waals surface area contributed by atoms with Crippen molar-refractivity contribution >= 4 is 17.4 Å². The molecule has 0 amide bonds. The van der Waals surface area contributed by atoms with Crippen LogP contribution in [0.15, 0.2) is 6.33 Å². The molecule has 7 heteroatoms. The van der Waals surface area contributed by atoms with E-state index in [1.54, 1.807) is 13.8 Å². The van der Waals surface area contributed by atoms with Gasteiger partial charge in [-0.05, 0) is 19.8 Å². The van der Waals surface area contributed by atoms with Crippen molar-refractivity contribution in [3.63, 3.8) is 0 Å². The standard InChI is InChI=1S/C12H17ClF3N3/c1-7(2)9-10(13)17-6-18-11(9)19(8(3)4)5-12(14,15)16/h6-8H,5H2,1-4H3. The zero-order valence-corrected chi connectivity index (χ0v) is 12.0. The monoisotopic (exact) mass is 295 g/mol. The van der Waals surface area contributed by atoms with E-state index in [0.717, 1.165) is 0 Å². The summed E-state index contributed by atoms with van der Waals surface area (Å²) in [5.41, 5.74) is 0.544. The molecule has 1 aromatic rings. The molecule has 0 aliphatic rings. The summed E-state index contributed by atoms with van der Waals surface area (Å²) in [6, 6.07) is -0.343. The van der Waals surface area contributed by atoms with Gasteiger partial charge in [0.05, 0.1) is 0 Å². The molecule has 0 saturated heterocycles. The van der Waals surface area contributed by atoms with Crippen LogP contribution < -0.4 is 4.90 Å². The van der Waals surface area contributed by atoms with Crippen LogP contribution in [0.25, 0.3) is 0 Å². The smallest absolute Gasteiger partial charge is 0.345 e. The van der Waals surface area contributed by atoms with E-state index in [1.807, 2.05) is 13.8 Å². The van der Waals surface area contributed by atoms with E-state index in [4.69, 9.17) is 11.6 Å². The number of rotatable bonds is 4. The van der Waals surface area contributed by atoms with Gasteiger partial charge >= 0.3 is 6.18 Å². The molecule has 0 atom stereocenters. The molecule has 108 valence electrons. The van der Waals surface area contributed by atoms with Crippen molar-refractivity contribution in [1.29, 1.82) is 0 Å². The van der Waals surface area contributed by atoms with Crippen molar-refractivity contribution in [3.05, 3.63) is 17.0 Å². The predicted octanol–water partition coefficient (Wildman–Crippen LogP) is 4.03. The Bertz CT molecular complexity index is 433. The third kappa shape index (κ3) is 4.23. The summed E-state index contributed by atoms with van der Waals surface area (Å²) in [5, 5.41) is 0.202. The van der Waals surface area contributed by atoms with Crippen LogP contribution in [0.1, 0.15) is 39.2 Å². The Hall–Kier alpha value is -1.04. The maximum atomic E-state index is 12.7. The van der Waals surface area contributed by atoms with Crippen molar-refractivity contribution in [3.8, 4) is 0 Å². The molecular weight excluding hydrogens is 279 g/mol. The van der Waals surface area contributed by atoms with Gasteiger partial charge in [0, 0.05) is 11.6 Å². The quantitative estimate of drug-likeness (QED) is 0.785. The minimum atomic E-state index is -4.30. The van der Waals surface area contributed by atoms with Gasteiger partial charge < -0.3 is 4.90 Å². The second kappa shape index (κ2) is 5.94. The summed E-state index contributed by atoms with van der Waals surface area (Å²) >= 11 is 5.99. The van der Waals surface area contributed by atoms with Gasteiger partial charge in [-0.2, -0.15) is 13.2 Å². The molecule has 0 aromatic carbocycles. The minimum Gasteiger partial charge on any atom is -0.345 e. The average molecular weight is 296 g/mol. The Morgan fingerprint density at radius 3 is 2.21 bits per heavy atom. The molecule has 1 heterocycles. The molecule has 0 unspecified atom stereocenters. The Morgan fingerprint density at radius 2 is 1.79 bits per heavy atom. The normalized spacial score (nSPS) is 12.3. The van der Waals surface area contributed by atoms with Crippen LogP contribution in [0.3, 0.4) is 0 Å². The molecule has 0 radical (unpaired) electrons. The maximum absolute atomic E-state index is 12.7. The number of hydrogen-bond acceptors (Lipinski definition) is 3. The zero-order valence-electron chi connectivity index (χ0n) is 11.3. The minimum absolute atomic E-state index is 0.0572. The summed E-state index contributed by atoms with van der Waals surface area (Å²) in [6.07, 6.45) is -3.11. The molecule has 0 fully saturated rings. The van der Waals surface area contributed by atoms with Crippen LogP contribution in [-0.2, 0) is 0 Å². The molecule has 1 rings (SSSR count). The third-order valence-electron chi connectivity index (χ3n) is 2.64. The number of hydrogen-bond donors (Lipinski definition) is 0. The van der Waals surface area contributed by atoms with Crippen LogP contribution in [0.2, 0.25) is 5.15 Å². The Morgan fingerprint density at radius 1 is 1.21 bits per heavy atom. The Labute approximate surface area is 115 Å². The second-order valence-corrected chi connectivity index (χ2v) is 5.25. The van der Waals surface area contributed by atoms with Crippen LogP contribution in [0.5, 0.6) is 0 Å². The first-order chi connectivity index (χ1) is 8.63. The molecule has 1 aromatic heterocycles. The van der Waals surface area contributed by atoms with Gasteiger partial charge in [-0.1, -0.05) is 25.4 Å². The van der Waals surface area contributed by atoms with E-state index >= 15 is 0 Å². The third-order valence-corrected chi connectivity index (χ3v) is 2.94. The molecule has 0 saturated carbocycles. The fourth-order valence-electron chi connectivity index (χ4n) is 1.79. The lowest BCUT2D eigenvalue weighted by molar-refractivity contribution is -0.120. The van der Waals surface area contributed by atoms with E-state index in [9.17, 15) is 13.2 Å². The maximum Gasteiger partial charge on any atom is 0.405 e. The topological polar surface area (TPSA) is 29.0 Å². The molecule has 0 aliphatic heterocycles. The first kappa shape index (κ1) is 16.0. The van der Waals surface area contributed by atoms with Crippen molar-refractivity contribution in [1.82, 2.24) is 9.97 Å². The predicted molar refractivity (Wildman–Crippen MR) is 69.7 cm³/mol. The fraction of sp³-hybridized carbons (Fsp3) is 0.667. The van der Waals surface area contributed by atoms with Crippen LogP contribution in [0.4, 0.5) is 19.0 Å². The van der Waals surface area contributed by atoms with Crippen LogP contribution in [-0.4, -0.2) is 28.7 Å². The van der Waals surface area contributed by atoms with E-state index in [2.05, 4.69) is 9.97 Å². The highest BCUT2D eigenvalue weighted by Crippen LogP contribution is 2.33. The molecule has 0 N–H and O–H groups in total. The Kier molecular flexibility index (Phi) is 5.01. The molecule has 0 bridgehead atoms. The molecule has 3 nitrogen and oxygen atoms in total. The molecule has 19 heavy (non-hydrogen) atoms. The van der Waals surface area contributed by atoms with Crippen molar-refractivity contribution < 1.29 is 13.2 Å². The Balaban J connectivity index is 3.27. The van der Waals surface area contributed by atoms with Crippen molar-refractivity contribution in [2.45, 2.75) is 45.8 Å². The molecule has 0 spiro atoms. The summed E-state index contributed by atoms with van der Waals surface area (Å²) in [6.45, 7) is 6.01. The lowest BCUT2D eigenvalue weighted by atomic mass is 10.0. The van der Waals surface area contributed by atoms with Gasteiger partial charge in [-0.25, -0.2) is 9.97 Å².